The van der Waals surface area contributed by atoms with Crippen molar-refractivity contribution in [1.82, 2.24) is 0 Å². The van der Waals surface area contributed by atoms with E-state index in [0.29, 0.717) is 24.3 Å². The summed E-state index contributed by atoms with van der Waals surface area (Å²) < 4.78 is 10.1. The Hall–Kier alpha value is -3.99. The first-order valence-corrected chi connectivity index (χ1v) is 9.83. The molecule has 0 N–H and O–H groups in total. The number of carbonyl (C=O) groups is 3. The Balaban J connectivity index is 1.73. The quantitative estimate of drug-likeness (QED) is 0.374. The van der Waals surface area contributed by atoms with E-state index in [1.807, 2.05) is 12.2 Å². The number of ether oxygens (including phenoxy) is 2. The number of Topliss-reactive ketones (excluding diaryl/α,β-unsaturated/α-hetero) is 1. The lowest BCUT2D eigenvalue weighted by atomic mass is 9.87. The Bertz CT molecular complexity index is 984. The van der Waals surface area contributed by atoms with Gasteiger partial charge in [-0.25, -0.2) is 9.59 Å². The zero-order valence-corrected chi connectivity index (χ0v) is 17.0. The second-order valence-electron chi connectivity index (χ2n) is 6.91. The summed E-state index contributed by atoms with van der Waals surface area (Å²) in [5.74, 6) is -0.171. The molecule has 3 rings (SSSR count). The second-order valence-corrected chi connectivity index (χ2v) is 6.91. The summed E-state index contributed by atoms with van der Waals surface area (Å²) in [6, 6.07) is 13.9. The molecule has 0 spiro atoms. The van der Waals surface area contributed by atoms with Gasteiger partial charge >= 0.3 is 11.9 Å². The zero-order chi connectivity index (χ0) is 22.2. The molecule has 0 heterocycles. The number of hydrogen-bond acceptors (Lipinski definition) is 5. The van der Waals surface area contributed by atoms with Crippen molar-refractivity contribution in [1.29, 1.82) is 0 Å². The van der Waals surface area contributed by atoms with Gasteiger partial charge in [-0.3, -0.25) is 4.79 Å². The highest BCUT2D eigenvalue weighted by atomic mass is 16.5. The molecule has 0 bridgehead atoms. The number of ketones is 1. The first kappa shape index (κ1) is 21.7. The van der Waals surface area contributed by atoms with Crippen LogP contribution in [0, 0.1) is 0 Å². The molecule has 0 radical (unpaired) electrons. The van der Waals surface area contributed by atoms with Crippen molar-refractivity contribution >= 4 is 29.9 Å². The van der Waals surface area contributed by atoms with Crippen LogP contribution >= 0.6 is 0 Å². The first-order valence-electron chi connectivity index (χ1n) is 9.83. The van der Waals surface area contributed by atoms with Crippen LogP contribution in [0.5, 0.6) is 11.5 Å². The van der Waals surface area contributed by atoms with E-state index in [4.69, 9.17) is 9.47 Å². The SMILES string of the molecule is C=CC(=O)Oc1ccc(/C=C2/CCC/C(=C\c3ccc(OC(=O)C=C)cc3)C2=O)cc1. The Morgan fingerprint density at radius 1 is 0.710 bits per heavy atom. The molecule has 156 valence electrons. The van der Waals surface area contributed by atoms with Crippen molar-refractivity contribution in [3.05, 3.63) is 96.1 Å². The molecule has 0 unspecified atom stereocenters. The van der Waals surface area contributed by atoms with Crippen molar-refractivity contribution in [3.63, 3.8) is 0 Å². The van der Waals surface area contributed by atoms with Gasteiger partial charge < -0.3 is 9.47 Å². The summed E-state index contributed by atoms with van der Waals surface area (Å²) in [5, 5.41) is 0. The van der Waals surface area contributed by atoms with Crippen molar-refractivity contribution in [2.75, 3.05) is 0 Å². The Morgan fingerprint density at radius 2 is 1.10 bits per heavy atom. The number of carbonyl (C=O) groups excluding carboxylic acids is 3. The molecule has 0 aliphatic heterocycles. The molecule has 0 saturated heterocycles. The summed E-state index contributed by atoms with van der Waals surface area (Å²) in [4.78, 5) is 35.5. The monoisotopic (exact) mass is 414 g/mol. The van der Waals surface area contributed by atoms with E-state index in [0.717, 1.165) is 40.8 Å². The standard InChI is InChI=1S/C26H22O5/c1-3-24(27)30-22-12-8-18(9-13-22)16-20-6-5-7-21(26(20)29)17-19-10-14-23(15-11-19)31-25(28)4-2/h3-4,8-17H,1-2,5-7H2/b20-16-,21-17+. The van der Waals surface area contributed by atoms with Crippen LogP contribution in [0.1, 0.15) is 30.4 Å². The molecule has 1 saturated carbocycles. The molecule has 5 nitrogen and oxygen atoms in total. The van der Waals surface area contributed by atoms with Crippen LogP contribution in [0.2, 0.25) is 0 Å². The lowest BCUT2D eigenvalue weighted by Gasteiger charge is -2.16. The molecule has 1 aliphatic carbocycles. The molecule has 1 fully saturated rings. The molecule has 2 aromatic carbocycles. The van der Waals surface area contributed by atoms with Crippen molar-refractivity contribution in [3.8, 4) is 11.5 Å². The third-order valence-electron chi connectivity index (χ3n) is 4.69. The highest BCUT2D eigenvalue weighted by molar-refractivity contribution is 6.14. The van der Waals surface area contributed by atoms with Crippen LogP contribution < -0.4 is 9.47 Å². The highest BCUT2D eigenvalue weighted by Gasteiger charge is 2.20. The van der Waals surface area contributed by atoms with Crippen molar-refractivity contribution in [2.24, 2.45) is 0 Å². The zero-order valence-electron chi connectivity index (χ0n) is 17.0. The van der Waals surface area contributed by atoms with Crippen LogP contribution in [-0.4, -0.2) is 17.7 Å². The van der Waals surface area contributed by atoms with Gasteiger partial charge in [0, 0.05) is 23.3 Å². The fourth-order valence-electron chi connectivity index (χ4n) is 3.16. The fraction of sp³-hybridized carbons (Fsp3) is 0.115. The molecule has 0 atom stereocenters. The minimum atomic E-state index is -0.518. The van der Waals surface area contributed by atoms with E-state index in [-0.39, 0.29) is 5.78 Å². The van der Waals surface area contributed by atoms with E-state index in [2.05, 4.69) is 13.2 Å². The van der Waals surface area contributed by atoms with Gasteiger partial charge in [0.15, 0.2) is 5.78 Å². The Labute approximate surface area is 181 Å². The fourth-order valence-corrected chi connectivity index (χ4v) is 3.16. The second kappa shape index (κ2) is 10.2. The van der Waals surface area contributed by atoms with Crippen molar-refractivity contribution < 1.29 is 23.9 Å². The molecule has 31 heavy (non-hydrogen) atoms. The number of benzene rings is 2. The normalized spacial score (nSPS) is 16.1. The van der Waals surface area contributed by atoms with Gasteiger partial charge in [0.25, 0.3) is 0 Å². The minimum absolute atomic E-state index is 0.0237. The van der Waals surface area contributed by atoms with Crippen LogP contribution in [0.4, 0.5) is 0 Å². The highest BCUT2D eigenvalue weighted by Crippen LogP contribution is 2.29. The van der Waals surface area contributed by atoms with E-state index >= 15 is 0 Å². The number of esters is 2. The first-order chi connectivity index (χ1) is 15.0. The maximum Gasteiger partial charge on any atom is 0.335 e. The number of rotatable bonds is 6. The molecular formula is C26H22O5. The van der Waals surface area contributed by atoms with Gasteiger partial charge in [0.2, 0.25) is 0 Å². The largest absolute Gasteiger partial charge is 0.423 e. The van der Waals surface area contributed by atoms with Crippen molar-refractivity contribution in [2.45, 2.75) is 19.3 Å². The van der Waals surface area contributed by atoms with Crippen LogP contribution in [0.25, 0.3) is 12.2 Å². The lowest BCUT2D eigenvalue weighted by Crippen LogP contribution is -2.12. The van der Waals surface area contributed by atoms with E-state index in [1.165, 1.54) is 0 Å². The lowest BCUT2D eigenvalue weighted by molar-refractivity contribution is -0.129. The van der Waals surface area contributed by atoms with Gasteiger partial charge in [0.05, 0.1) is 0 Å². The van der Waals surface area contributed by atoms with E-state index < -0.39 is 11.9 Å². The maximum absolute atomic E-state index is 12.9. The summed E-state index contributed by atoms with van der Waals surface area (Å²) in [5.41, 5.74) is 3.20. The summed E-state index contributed by atoms with van der Waals surface area (Å²) in [6.45, 7) is 6.73. The maximum atomic E-state index is 12.9. The molecule has 1 aliphatic rings. The van der Waals surface area contributed by atoms with Gasteiger partial charge in [-0.05, 0) is 66.8 Å². The number of hydrogen-bond donors (Lipinski definition) is 0. The summed E-state index contributed by atoms with van der Waals surface area (Å²) in [7, 11) is 0. The third-order valence-corrected chi connectivity index (χ3v) is 4.69. The Morgan fingerprint density at radius 3 is 1.45 bits per heavy atom. The Kier molecular flexibility index (Phi) is 7.12. The van der Waals surface area contributed by atoms with Gasteiger partial charge in [-0.1, -0.05) is 37.4 Å². The molecule has 5 heteroatoms. The molecular weight excluding hydrogens is 392 g/mol. The average Bonchev–Trinajstić information content (AvgIpc) is 2.78. The minimum Gasteiger partial charge on any atom is -0.423 e. The van der Waals surface area contributed by atoms with E-state index in [1.54, 1.807) is 48.5 Å². The third kappa shape index (κ3) is 6.00. The van der Waals surface area contributed by atoms with Crippen LogP contribution in [0.3, 0.4) is 0 Å². The van der Waals surface area contributed by atoms with Crippen LogP contribution in [-0.2, 0) is 14.4 Å². The predicted molar refractivity (Wildman–Crippen MR) is 119 cm³/mol. The topological polar surface area (TPSA) is 69.7 Å². The average molecular weight is 414 g/mol. The summed E-state index contributed by atoms with van der Waals surface area (Å²) in [6.07, 6.45) is 8.24. The van der Waals surface area contributed by atoms with Gasteiger partial charge in [0.1, 0.15) is 11.5 Å². The van der Waals surface area contributed by atoms with Gasteiger partial charge in [-0.15, -0.1) is 0 Å². The molecule has 0 amide bonds. The van der Waals surface area contributed by atoms with Gasteiger partial charge in [-0.2, -0.15) is 0 Å². The summed E-state index contributed by atoms with van der Waals surface area (Å²) >= 11 is 0. The molecule has 2 aromatic rings. The smallest absolute Gasteiger partial charge is 0.335 e. The number of allylic oxidation sites excluding steroid dienone is 2. The van der Waals surface area contributed by atoms with Crippen LogP contribution in [0.15, 0.2) is 85.0 Å². The predicted octanol–water partition coefficient (Wildman–Crippen LogP) is 5.09. The van der Waals surface area contributed by atoms with E-state index in [9.17, 15) is 14.4 Å². The molecule has 0 aromatic heterocycles.